The number of thiol groups is 1. The summed E-state index contributed by atoms with van der Waals surface area (Å²) >= 11 is 4.28. The summed E-state index contributed by atoms with van der Waals surface area (Å²) in [5, 5.41) is 11.4. The molecule has 12 heteroatoms. The number of primary amides is 1. The largest absolute Gasteiger partial charge is 0.455 e. The summed E-state index contributed by atoms with van der Waals surface area (Å²) in [7, 11) is 3.24. The lowest BCUT2D eigenvalue weighted by atomic mass is 9.94. The molecule has 11 nitrogen and oxygen atoms in total. The van der Waals surface area contributed by atoms with E-state index in [4.69, 9.17) is 15.6 Å². The highest BCUT2D eigenvalue weighted by Gasteiger charge is 2.27. The van der Waals surface area contributed by atoms with Crippen LogP contribution >= 0.6 is 12.6 Å². The number of carbonyl (C=O) groups excluding carboxylic acids is 2. The number of nitrogens with two attached hydrogens (primary N) is 1. The molecule has 1 atom stereocenters. The van der Waals surface area contributed by atoms with Crippen LogP contribution in [-0.4, -0.2) is 96.5 Å². The number of carbonyl (C=O) groups is 2. The molecule has 0 spiro atoms. The van der Waals surface area contributed by atoms with Gasteiger partial charge < -0.3 is 35.6 Å². The molecule has 1 amide bonds. The SMILES string of the molecule is CC(C)C=O.CCCC(CCC)CNc1ccc(S)cc1.CN1Cc2ccccc2CC1CN1CCN(c2ccc(C(N)=O)c(Oc3cnc4[nH]ccc4c3)c2)CC1.CO. The number of nitrogens with one attached hydrogen (secondary N) is 2. The van der Waals surface area contributed by atoms with Gasteiger partial charge in [-0.25, -0.2) is 4.98 Å². The van der Waals surface area contributed by atoms with E-state index < -0.39 is 5.91 Å². The third-order valence-electron chi connectivity index (χ3n) is 10.8. The summed E-state index contributed by atoms with van der Waals surface area (Å²) in [6, 6.07) is 27.1. The number of rotatable bonds is 14. The van der Waals surface area contributed by atoms with Gasteiger partial charge >= 0.3 is 0 Å². The standard InChI is InChI=1S/C29H32N6O2.C14H23NS.C4H8O.CH4O/c1-33-18-22-5-3-2-4-20(22)14-24(33)19-34-10-12-35(13-11-34)23-6-7-26(28(30)36)27(16-23)37-25-15-21-8-9-31-29(21)32-17-25;1-3-5-12(6-4-2)11-15-13-7-9-14(16)10-8-13;1-4(2)3-5;1-2/h2-9,15-17,24H,10-14,18-19H2,1H3,(H2,30,36)(H,31,32);7-10,12,15-16H,3-6,11H2,1-2H3;3-4H,1-2H3;2H,1H3. The van der Waals surface area contributed by atoms with Crippen LogP contribution in [0, 0.1) is 11.8 Å². The first-order chi connectivity index (χ1) is 29.1. The van der Waals surface area contributed by atoms with Crippen molar-refractivity contribution in [1.29, 1.82) is 0 Å². The van der Waals surface area contributed by atoms with E-state index >= 15 is 0 Å². The number of amides is 1. The molecule has 2 aliphatic heterocycles. The second-order valence-electron chi connectivity index (χ2n) is 15.8. The topological polar surface area (TPSA) is 140 Å². The quantitative estimate of drug-likeness (QED) is 0.0549. The number of H-pyrrole nitrogens is 1. The van der Waals surface area contributed by atoms with Crippen molar-refractivity contribution in [2.45, 2.75) is 77.3 Å². The molecule has 0 aliphatic carbocycles. The Morgan fingerprint density at radius 3 is 2.28 bits per heavy atom. The van der Waals surface area contributed by atoms with E-state index in [2.05, 4.69) is 99.9 Å². The third kappa shape index (κ3) is 14.7. The van der Waals surface area contributed by atoms with E-state index in [0.717, 1.165) is 93.2 Å². The summed E-state index contributed by atoms with van der Waals surface area (Å²) in [5.74, 6) is 1.52. The molecule has 1 saturated heterocycles. The number of aliphatic hydroxyl groups excluding tert-OH is 1. The Kier molecular flexibility index (Phi) is 19.9. The Balaban J connectivity index is 0.000000287. The van der Waals surface area contributed by atoms with E-state index in [-0.39, 0.29) is 5.92 Å². The van der Waals surface area contributed by atoms with Gasteiger partial charge in [-0.3, -0.25) is 14.6 Å². The minimum Gasteiger partial charge on any atom is -0.455 e. The number of aromatic nitrogens is 2. The molecule has 4 heterocycles. The highest BCUT2D eigenvalue weighted by atomic mass is 32.1. The van der Waals surface area contributed by atoms with E-state index in [0.29, 0.717) is 23.1 Å². The van der Waals surface area contributed by atoms with Gasteiger partial charge in [-0.2, -0.15) is 0 Å². The smallest absolute Gasteiger partial charge is 0.252 e. The summed E-state index contributed by atoms with van der Waals surface area (Å²) in [4.78, 5) is 37.5. The zero-order valence-corrected chi connectivity index (χ0v) is 37.3. The first-order valence-electron chi connectivity index (χ1n) is 21.3. The van der Waals surface area contributed by atoms with Gasteiger partial charge in [0.2, 0.25) is 0 Å². The first-order valence-corrected chi connectivity index (χ1v) is 21.7. The van der Waals surface area contributed by atoms with E-state index in [9.17, 15) is 9.59 Å². The number of aldehydes is 1. The van der Waals surface area contributed by atoms with Gasteiger partial charge in [0.15, 0.2) is 0 Å². The fraction of sp³-hybridized carbons (Fsp3) is 0.438. The summed E-state index contributed by atoms with van der Waals surface area (Å²) in [6.45, 7) is 15.2. The van der Waals surface area contributed by atoms with Crippen molar-refractivity contribution in [2.24, 2.45) is 17.6 Å². The van der Waals surface area contributed by atoms with Crippen LogP contribution in [0.25, 0.3) is 11.0 Å². The average molecular weight is 838 g/mol. The Morgan fingerprint density at radius 2 is 1.65 bits per heavy atom. The Morgan fingerprint density at radius 1 is 0.983 bits per heavy atom. The van der Waals surface area contributed by atoms with Crippen molar-refractivity contribution < 1.29 is 19.4 Å². The molecule has 3 aromatic carbocycles. The highest BCUT2D eigenvalue weighted by Crippen LogP contribution is 2.32. The molecule has 5 aromatic rings. The first kappa shape index (κ1) is 47.8. The van der Waals surface area contributed by atoms with Crippen molar-refractivity contribution in [1.82, 2.24) is 19.8 Å². The zero-order valence-electron chi connectivity index (χ0n) is 36.4. The predicted molar refractivity (Wildman–Crippen MR) is 250 cm³/mol. The van der Waals surface area contributed by atoms with Crippen LogP contribution in [0.4, 0.5) is 11.4 Å². The Labute approximate surface area is 363 Å². The Bertz CT molecular complexity index is 2030. The maximum Gasteiger partial charge on any atom is 0.252 e. The minimum absolute atomic E-state index is 0.204. The van der Waals surface area contributed by atoms with Crippen molar-refractivity contribution >= 4 is 47.2 Å². The highest BCUT2D eigenvalue weighted by molar-refractivity contribution is 7.80. The fourth-order valence-corrected chi connectivity index (χ4v) is 7.66. The molecule has 0 bridgehead atoms. The molecule has 0 saturated carbocycles. The molecular weight excluding hydrogens is 771 g/mol. The molecule has 324 valence electrons. The molecule has 60 heavy (non-hydrogen) atoms. The zero-order chi connectivity index (χ0) is 43.4. The fourth-order valence-electron chi connectivity index (χ4n) is 7.51. The van der Waals surface area contributed by atoms with Crippen LogP contribution in [0.5, 0.6) is 11.5 Å². The minimum atomic E-state index is -0.514. The van der Waals surface area contributed by atoms with E-state index in [1.807, 2.05) is 56.4 Å². The second kappa shape index (κ2) is 25.0. The van der Waals surface area contributed by atoms with Crippen LogP contribution < -0.4 is 20.7 Å². The molecule has 1 fully saturated rings. The molecule has 2 aliphatic rings. The average Bonchev–Trinajstić information content (AvgIpc) is 3.73. The number of aromatic amines is 1. The van der Waals surface area contributed by atoms with Crippen molar-refractivity contribution in [2.75, 3.05) is 63.6 Å². The van der Waals surface area contributed by atoms with Gasteiger partial charge in [-0.15, -0.1) is 12.6 Å². The van der Waals surface area contributed by atoms with Gasteiger partial charge in [0.05, 0.1) is 11.8 Å². The maximum absolute atomic E-state index is 12.1. The number of benzene rings is 3. The Hall–Kier alpha value is -4.88. The van der Waals surface area contributed by atoms with Crippen LogP contribution in [-0.2, 0) is 17.8 Å². The van der Waals surface area contributed by atoms with E-state index in [1.54, 1.807) is 12.3 Å². The van der Waals surface area contributed by atoms with Gasteiger partial charge in [-0.05, 0) is 91.9 Å². The summed E-state index contributed by atoms with van der Waals surface area (Å²) < 4.78 is 6.12. The van der Waals surface area contributed by atoms with Gasteiger partial charge in [0.1, 0.15) is 23.4 Å². The lowest BCUT2D eigenvalue weighted by Crippen LogP contribution is -2.52. The van der Waals surface area contributed by atoms with Crippen LogP contribution in [0.1, 0.15) is 74.9 Å². The molecule has 1 unspecified atom stereocenters. The lowest BCUT2D eigenvalue weighted by Gasteiger charge is -2.41. The molecule has 0 radical (unpaired) electrons. The number of pyridine rings is 1. The number of fused-ring (bicyclic) bond motifs is 2. The second-order valence-corrected chi connectivity index (χ2v) is 16.3. The van der Waals surface area contributed by atoms with Gasteiger partial charge in [-0.1, -0.05) is 64.8 Å². The number of likely N-dealkylation sites (N-methyl/N-ethyl adjacent to an activating group) is 1. The van der Waals surface area contributed by atoms with Crippen LogP contribution in [0.2, 0.25) is 0 Å². The van der Waals surface area contributed by atoms with Crippen molar-refractivity contribution in [3.63, 3.8) is 0 Å². The molecule has 7 rings (SSSR count). The molecule has 2 aromatic heterocycles. The number of anilines is 2. The number of ether oxygens (including phenoxy) is 1. The van der Waals surface area contributed by atoms with Crippen molar-refractivity contribution in [3.8, 4) is 11.5 Å². The number of nitrogens with zero attached hydrogens (tertiary/aromatic N) is 4. The predicted octanol–water partition coefficient (Wildman–Crippen LogP) is 8.69. The summed E-state index contributed by atoms with van der Waals surface area (Å²) in [5.41, 5.74) is 12.0. The van der Waals surface area contributed by atoms with Crippen molar-refractivity contribution in [3.05, 3.63) is 108 Å². The molecular formula is C48H67N7O4S. The monoisotopic (exact) mass is 837 g/mol. The molecule has 5 N–H and O–H groups in total. The summed E-state index contributed by atoms with van der Waals surface area (Å²) in [6.07, 6.45) is 10.7. The normalized spacial score (nSPS) is 15.2. The van der Waals surface area contributed by atoms with Gasteiger partial charge in [0, 0.05) is 98.8 Å². The number of piperazine rings is 1. The third-order valence-corrected chi connectivity index (χ3v) is 11.1. The maximum atomic E-state index is 12.1. The number of hydrogen-bond acceptors (Lipinski definition) is 10. The van der Waals surface area contributed by atoms with Crippen LogP contribution in [0.15, 0.2) is 96.2 Å². The number of aliphatic hydroxyl groups is 1. The van der Waals surface area contributed by atoms with Crippen LogP contribution in [0.3, 0.4) is 0 Å². The lowest BCUT2D eigenvalue weighted by molar-refractivity contribution is -0.110. The number of hydrogen-bond donors (Lipinski definition) is 5. The van der Waals surface area contributed by atoms with Gasteiger partial charge in [0.25, 0.3) is 5.91 Å². The van der Waals surface area contributed by atoms with E-state index in [1.165, 1.54) is 42.5 Å².